The first-order valence-electron chi connectivity index (χ1n) is 9.11. The van der Waals surface area contributed by atoms with Crippen molar-refractivity contribution in [2.24, 2.45) is 0 Å². The number of hydrogen-bond acceptors (Lipinski definition) is 4. The molecule has 0 saturated carbocycles. The number of thiocarbonyl (C=S) groups is 1. The summed E-state index contributed by atoms with van der Waals surface area (Å²) >= 11 is 17.3. The molecule has 154 valence electrons. The Labute approximate surface area is 193 Å². The molecule has 0 radical (unpaired) electrons. The highest BCUT2D eigenvalue weighted by Gasteiger charge is 2.34. The number of halogens is 2. The lowest BCUT2D eigenvalue weighted by molar-refractivity contribution is -0.122. The maximum absolute atomic E-state index is 13.1. The van der Waals surface area contributed by atoms with Crippen LogP contribution >= 0.6 is 35.4 Å². The lowest BCUT2D eigenvalue weighted by atomic mass is 10.1. The van der Waals surface area contributed by atoms with Crippen molar-refractivity contribution in [3.05, 3.63) is 94.0 Å². The van der Waals surface area contributed by atoms with Gasteiger partial charge in [0.2, 0.25) is 0 Å². The number of amides is 2. The summed E-state index contributed by atoms with van der Waals surface area (Å²) in [5.74, 6) is 0.143. The van der Waals surface area contributed by atoms with E-state index < -0.39 is 11.8 Å². The molecule has 8 heteroatoms. The van der Waals surface area contributed by atoms with Crippen LogP contribution in [0.15, 0.2) is 78.4 Å². The van der Waals surface area contributed by atoms with Crippen LogP contribution in [-0.2, 0) is 9.59 Å². The van der Waals surface area contributed by atoms with Gasteiger partial charge in [-0.3, -0.25) is 19.8 Å². The molecule has 0 atom stereocenters. The number of nitrogens with zero attached hydrogens (tertiary/aromatic N) is 1. The minimum atomic E-state index is -0.591. The quantitative estimate of drug-likeness (QED) is 0.306. The zero-order valence-electron chi connectivity index (χ0n) is 15.8. The second-order valence-corrected chi connectivity index (χ2v) is 7.83. The summed E-state index contributed by atoms with van der Waals surface area (Å²) in [4.78, 5) is 26.8. The van der Waals surface area contributed by atoms with E-state index in [1.165, 1.54) is 11.0 Å². The maximum Gasteiger partial charge on any atom is 0.270 e. The van der Waals surface area contributed by atoms with Gasteiger partial charge in [0.15, 0.2) is 5.11 Å². The predicted octanol–water partition coefficient (Wildman–Crippen LogP) is 5.62. The molecular weight excluding hydrogens is 455 g/mol. The van der Waals surface area contributed by atoms with Crippen LogP contribution in [0.1, 0.15) is 5.56 Å². The fraction of sp³-hybridized carbons (Fsp3) is 0. The molecule has 2 amide bonds. The standard InChI is InChI=1S/C23H14Cl2N2O3S/c24-15-10-14(11-16(25)13-15)12-20-21(28)26-23(31)27(22(20)29)17-6-8-19(9-7-17)30-18-4-2-1-3-5-18/h1-13H,(H,26,28,31). The summed E-state index contributed by atoms with van der Waals surface area (Å²) in [6, 6.07) is 20.9. The van der Waals surface area contributed by atoms with E-state index in [0.717, 1.165) is 0 Å². The number of anilines is 1. The molecule has 1 N–H and O–H groups in total. The fourth-order valence-corrected chi connectivity index (χ4v) is 3.83. The van der Waals surface area contributed by atoms with Crippen LogP contribution in [0.25, 0.3) is 6.08 Å². The Morgan fingerprint density at radius 3 is 2.13 bits per heavy atom. The minimum Gasteiger partial charge on any atom is -0.457 e. The molecule has 31 heavy (non-hydrogen) atoms. The van der Waals surface area contributed by atoms with E-state index in [-0.39, 0.29) is 10.7 Å². The van der Waals surface area contributed by atoms with Crippen LogP contribution in [0.2, 0.25) is 10.0 Å². The van der Waals surface area contributed by atoms with E-state index in [1.54, 1.807) is 42.5 Å². The highest BCUT2D eigenvalue weighted by molar-refractivity contribution is 7.80. The number of hydrogen-bond donors (Lipinski definition) is 1. The van der Waals surface area contributed by atoms with Gasteiger partial charge < -0.3 is 4.74 Å². The maximum atomic E-state index is 13.1. The summed E-state index contributed by atoms with van der Waals surface area (Å²) in [5.41, 5.74) is 0.928. The zero-order chi connectivity index (χ0) is 22.0. The van der Waals surface area contributed by atoms with Crippen molar-refractivity contribution >= 4 is 64.1 Å². The summed E-state index contributed by atoms with van der Waals surface area (Å²) in [6.07, 6.45) is 1.43. The third-order valence-electron chi connectivity index (χ3n) is 4.37. The molecule has 3 aromatic carbocycles. The van der Waals surface area contributed by atoms with Crippen LogP contribution in [0.4, 0.5) is 5.69 Å². The highest BCUT2D eigenvalue weighted by Crippen LogP contribution is 2.28. The van der Waals surface area contributed by atoms with Crippen molar-refractivity contribution in [1.82, 2.24) is 5.32 Å². The Kier molecular flexibility index (Phi) is 6.04. The number of benzene rings is 3. The summed E-state index contributed by atoms with van der Waals surface area (Å²) in [7, 11) is 0. The van der Waals surface area contributed by atoms with E-state index in [1.807, 2.05) is 30.3 Å². The summed E-state index contributed by atoms with van der Waals surface area (Å²) in [5, 5.41) is 3.32. The van der Waals surface area contributed by atoms with Gasteiger partial charge in [0.25, 0.3) is 11.8 Å². The van der Waals surface area contributed by atoms with Crippen molar-refractivity contribution in [2.75, 3.05) is 4.90 Å². The monoisotopic (exact) mass is 468 g/mol. The molecule has 1 aliphatic heterocycles. The second-order valence-electron chi connectivity index (χ2n) is 6.57. The van der Waals surface area contributed by atoms with Gasteiger partial charge >= 0.3 is 0 Å². The Morgan fingerprint density at radius 1 is 0.871 bits per heavy atom. The van der Waals surface area contributed by atoms with Crippen molar-refractivity contribution < 1.29 is 14.3 Å². The Balaban J connectivity index is 1.61. The molecule has 0 spiro atoms. The van der Waals surface area contributed by atoms with Crippen LogP contribution in [0, 0.1) is 0 Å². The van der Waals surface area contributed by atoms with Gasteiger partial charge in [-0.05, 0) is 78.5 Å². The number of carbonyl (C=O) groups excluding carboxylic acids is 2. The van der Waals surface area contributed by atoms with E-state index in [9.17, 15) is 9.59 Å². The molecule has 1 fully saturated rings. The molecule has 1 heterocycles. The first-order chi connectivity index (χ1) is 14.9. The van der Waals surface area contributed by atoms with Gasteiger partial charge in [-0.1, -0.05) is 41.4 Å². The van der Waals surface area contributed by atoms with E-state index in [0.29, 0.717) is 32.8 Å². The van der Waals surface area contributed by atoms with Crippen LogP contribution in [0.3, 0.4) is 0 Å². The number of carbonyl (C=O) groups is 2. The number of nitrogens with one attached hydrogen (secondary N) is 1. The van der Waals surface area contributed by atoms with Crippen molar-refractivity contribution in [1.29, 1.82) is 0 Å². The van der Waals surface area contributed by atoms with Gasteiger partial charge in [0.05, 0.1) is 5.69 Å². The highest BCUT2D eigenvalue weighted by atomic mass is 35.5. The average Bonchev–Trinajstić information content (AvgIpc) is 2.72. The molecule has 0 aliphatic carbocycles. The predicted molar refractivity (Wildman–Crippen MR) is 126 cm³/mol. The third-order valence-corrected chi connectivity index (χ3v) is 5.09. The molecule has 4 rings (SSSR count). The van der Waals surface area contributed by atoms with E-state index in [2.05, 4.69) is 5.32 Å². The average molecular weight is 469 g/mol. The molecular formula is C23H14Cl2N2O3S. The Morgan fingerprint density at radius 2 is 1.48 bits per heavy atom. The van der Waals surface area contributed by atoms with Crippen molar-refractivity contribution in [3.63, 3.8) is 0 Å². The van der Waals surface area contributed by atoms with Crippen molar-refractivity contribution in [2.45, 2.75) is 0 Å². The topological polar surface area (TPSA) is 58.6 Å². The SMILES string of the molecule is O=C1NC(=S)N(c2ccc(Oc3ccccc3)cc2)C(=O)C1=Cc1cc(Cl)cc(Cl)c1. The van der Waals surface area contributed by atoms with Gasteiger partial charge in [-0.2, -0.15) is 0 Å². The van der Waals surface area contributed by atoms with Crippen LogP contribution in [0.5, 0.6) is 11.5 Å². The molecule has 0 bridgehead atoms. The second kappa shape index (κ2) is 8.89. The Hall–Kier alpha value is -3.19. The van der Waals surface area contributed by atoms with Gasteiger partial charge in [0.1, 0.15) is 17.1 Å². The summed E-state index contributed by atoms with van der Waals surface area (Å²) in [6.45, 7) is 0. The fourth-order valence-electron chi connectivity index (χ4n) is 3.00. The molecule has 3 aromatic rings. The van der Waals surface area contributed by atoms with E-state index in [4.69, 9.17) is 40.2 Å². The largest absolute Gasteiger partial charge is 0.457 e. The molecule has 0 unspecified atom stereocenters. The first kappa shape index (κ1) is 21.1. The third kappa shape index (κ3) is 4.77. The van der Waals surface area contributed by atoms with Gasteiger partial charge in [0, 0.05) is 10.0 Å². The van der Waals surface area contributed by atoms with Crippen LogP contribution in [-0.4, -0.2) is 16.9 Å². The molecule has 5 nitrogen and oxygen atoms in total. The van der Waals surface area contributed by atoms with Gasteiger partial charge in [-0.25, -0.2) is 0 Å². The lowest BCUT2D eigenvalue weighted by Crippen LogP contribution is -2.54. The summed E-state index contributed by atoms with van der Waals surface area (Å²) < 4.78 is 5.77. The molecule has 0 aromatic heterocycles. The van der Waals surface area contributed by atoms with E-state index >= 15 is 0 Å². The molecule has 1 aliphatic rings. The normalized spacial score (nSPS) is 15.2. The number of para-hydroxylation sites is 1. The van der Waals surface area contributed by atoms with Gasteiger partial charge in [-0.15, -0.1) is 0 Å². The Bertz CT molecular complexity index is 1190. The molecule has 1 saturated heterocycles. The lowest BCUT2D eigenvalue weighted by Gasteiger charge is -2.29. The first-order valence-corrected chi connectivity index (χ1v) is 10.3. The van der Waals surface area contributed by atoms with Crippen molar-refractivity contribution in [3.8, 4) is 11.5 Å². The smallest absolute Gasteiger partial charge is 0.270 e. The zero-order valence-corrected chi connectivity index (χ0v) is 18.2. The number of rotatable bonds is 4. The number of ether oxygens (including phenoxy) is 1. The van der Waals surface area contributed by atoms with Crippen LogP contribution < -0.4 is 15.0 Å². The minimum absolute atomic E-state index is 0.00648.